The van der Waals surface area contributed by atoms with Crippen molar-refractivity contribution in [1.29, 1.82) is 0 Å². The van der Waals surface area contributed by atoms with E-state index in [-0.39, 0.29) is 24.6 Å². The number of rotatable bonds is 7. The lowest BCUT2D eigenvalue weighted by Gasteiger charge is -2.47. The van der Waals surface area contributed by atoms with Gasteiger partial charge >= 0.3 is 0 Å². The molecular weight excluding hydrogens is 378 g/mol. The van der Waals surface area contributed by atoms with Gasteiger partial charge in [-0.25, -0.2) is 4.98 Å². The van der Waals surface area contributed by atoms with Gasteiger partial charge in [-0.15, -0.1) is 0 Å². The molecule has 3 N–H and O–H groups in total. The molecule has 1 unspecified atom stereocenters. The molecule has 0 aromatic carbocycles. The lowest BCUT2D eigenvalue weighted by atomic mass is 9.80. The highest BCUT2D eigenvalue weighted by atomic mass is 16.3. The fraction of sp³-hybridized carbons (Fsp3) is 0.609. The third-order valence-electron chi connectivity index (χ3n) is 6.66. The van der Waals surface area contributed by atoms with Gasteiger partial charge in [-0.05, 0) is 62.6 Å². The van der Waals surface area contributed by atoms with E-state index >= 15 is 0 Å². The number of aromatic nitrogens is 2. The van der Waals surface area contributed by atoms with Crippen molar-refractivity contribution < 1.29 is 9.90 Å². The highest BCUT2D eigenvalue weighted by Crippen LogP contribution is 2.32. The molecule has 2 aliphatic rings. The average molecular weight is 412 g/mol. The Bertz CT molecular complexity index is 875. The number of nitrogens with one attached hydrogen (secondary N) is 2. The largest absolute Gasteiger partial charge is 0.393 e. The topological polar surface area (TPSA) is 90.4 Å². The fourth-order valence-corrected chi connectivity index (χ4v) is 4.82. The number of likely N-dealkylation sites (tertiary alicyclic amines) is 1. The number of carbonyl (C=O) groups excluding carboxylic acids is 1. The zero-order chi connectivity index (χ0) is 21.1. The molecule has 2 aromatic heterocycles. The van der Waals surface area contributed by atoms with Gasteiger partial charge in [0.1, 0.15) is 5.82 Å². The van der Waals surface area contributed by atoms with Crippen LogP contribution in [0, 0.1) is 12.8 Å². The molecule has 4 rings (SSSR count). The summed E-state index contributed by atoms with van der Waals surface area (Å²) in [7, 11) is 0. The van der Waals surface area contributed by atoms with E-state index in [4.69, 9.17) is 0 Å². The maximum atomic E-state index is 12.4. The summed E-state index contributed by atoms with van der Waals surface area (Å²) in [5, 5.41) is 17.3. The highest BCUT2D eigenvalue weighted by molar-refractivity contribution is 5.91. The second kappa shape index (κ2) is 9.27. The van der Waals surface area contributed by atoms with Gasteiger partial charge in [-0.3, -0.25) is 14.7 Å². The standard InChI is InChI=1S/C23H33N5O2/c1-3-21(29)16-4-6-18(7-5-16)28-13-17(14-28)27-22(30)12-26-23-19-10-15(2)11-25-20(19)8-9-24-23/h8-11,16-18,21,29H,3-7,12-14H2,1-2H3,(H,24,26)(H,27,30). The monoisotopic (exact) mass is 411 g/mol. The fourth-order valence-electron chi connectivity index (χ4n) is 4.82. The van der Waals surface area contributed by atoms with Gasteiger partial charge in [0.05, 0.1) is 24.2 Å². The first kappa shape index (κ1) is 21.0. The van der Waals surface area contributed by atoms with Crippen molar-refractivity contribution in [2.75, 3.05) is 25.0 Å². The minimum atomic E-state index is -0.141. The van der Waals surface area contributed by atoms with Crippen LogP contribution < -0.4 is 10.6 Å². The Hall–Kier alpha value is -2.25. The molecule has 2 fully saturated rings. The van der Waals surface area contributed by atoms with Crippen molar-refractivity contribution in [2.45, 2.75) is 64.1 Å². The molecule has 0 bridgehead atoms. The number of fused-ring (bicyclic) bond motifs is 1. The normalized spacial score (nSPS) is 23.7. The number of nitrogens with zero attached hydrogens (tertiary/aromatic N) is 3. The molecule has 0 radical (unpaired) electrons. The average Bonchev–Trinajstić information content (AvgIpc) is 2.74. The maximum absolute atomic E-state index is 12.4. The smallest absolute Gasteiger partial charge is 0.239 e. The van der Waals surface area contributed by atoms with Crippen LogP contribution in [0.2, 0.25) is 0 Å². The summed E-state index contributed by atoms with van der Waals surface area (Å²) in [5.74, 6) is 1.16. The van der Waals surface area contributed by atoms with Crippen LogP contribution in [0.25, 0.3) is 10.9 Å². The van der Waals surface area contributed by atoms with Gasteiger partial charge in [0.25, 0.3) is 0 Å². The van der Waals surface area contributed by atoms with Crippen LogP contribution in [0.4, 0.5) is 5.82 Å². The predicted molar refractivity (Wildman–Crippen MR) is 118 cm³/mol. The van der Waals surface area contributed by atoms with Gasteiger partial charge in [0.2, 0.25) is 5.91 Å². The summed E-state index contributed by atoms with van der Waals surface area (Å²) >= 11 is 0. The van der Waals surface area contributed by atoms with E-state index in [1.54, 1.807) is 6.20 Å². The Balaban J connectivity index is 1.20. The molecule has 1 saturated carbocycles. The maximum Gasteiger partial charge on any atom is 0.239 e. The molecule has 1 atom stereocenters. The van der Waals surface area contributed by atoms with Crippen LogP contribution in [0.5, 0.6) is 0 Å². The summed E-state index contributed by atoms with van der Waals surface area (Å²) in [4.78, 5) is 23.7. The minimum absolute atomic E-state index is 0.00570. The lowest BCUT2D eigenvalue weighted by Crippen LogP contribution is -2.63. The SMILES string of the molecule is CCC(O)C1CCC(N2CC(NC(=O)CNc3nccc4ncc(C)cc34)C2)CC1. The zero-order valence-corrected chi connectivity index (χ0v) is 18.0. The van der Waals surface area contributed by atoms with Gasteiger partial charge in [0.15, 0.2) is 0 Å². The Kier molecular flexibility index (Phi) is 6.49. The third kappa shape index (κ3) is 4.73. The van der Waals surface area contributed by atoms with Crippen LogP contribution >= 0.6 is 0 Å². The first-order valence-electron chi connectivity index (χ1n) is 11.2. The second-order valence-corrected chi connectivity index (χ2v) is 8.86. The number of aliphatic hydroxyl groups excluding tert-OH is 1. The molecule has 162 valence electrons. The van der Waals surface area contributed by atoms with E-state index < -0.39 is 0 Å². The van der Waals surface area contributed by atoms with Crippen LogP contribution in [-0.2, 0) is 4.79 Å². The number of hydrogen-bond acceptors (Lipinski definition) is 6. The number of hydrogen-bond donors (Lipinski definition) is 3. The van der Waals surface area contributed by atoms with Crippen LogP contribution in [0.3, 0.4) is 0 Å². The van der Waals surface area contributed by atoms with E-state index in [9.17, 15) is 9.90 Å². The van der Waals surface area contributed by atoms with Crippen molar-refractivity contribution in [3.8, 4) is 0 Å². The van der Waals surface area contributed by atoms with Gasteiger partial charge in [-0.1, -0.05) is 6.92 Å². The molecular formula is C23H33N5O2. The Morgan fingerprint density at radius 1 is 1.27 bits per heavy atom. The summed E-state index contributed by atoms with van der Waals surface area (Å²) in [6.07, 6.45) is 8.80. The van der Waals surface area contributed by atoms with Crippen molar-refractivity contribution in [3.05, 3.63) is 30.1 Å². The van der Waals surface area contributed by atoms with Crippen LogP contribution in [-0.4, -0.2) is 63.7 Å². The third-order valence-corrected chi connectivity index (χ3v) is 6.66. The van der Waals surface area contributed by atoms with E-state index in [0.717, 1.165) is 61.7 Å². The number of amides is 1. The Morgan fingerprint density at radius 2 is 2.03 bits per heavy atom. The molecule has 1 amide bonds. The molecule has 7 nitrogen and oxygen atoms in total. The summed E-state index contributed by atoms with van der Waals surface area (Å²) in [5.41, 5.74) is 1.94. The van der Waals surface area contributed by atoms with Crippen LogP contribution in [0.1, 0.15) is 44.6 Å². The first-order chi connectivity index (χ1) is 14.5. The van der Waals surface area contributed by atoms with E-state index in [0.29, 0.717) is 17.8 Å². The first-order valence-corrected chi connectivity index (χ1v) is 11.2. The Morgan fingerprint density at radius 3 is 2.77 bits per heavy atom. The minimum Gasteiger partial charge on any atom is -0.393 e. The second-order valence-electron chi connectivity index (χ2n) is 8.86. The van der Waals surface area contributed by atoms with Gasteiger partial charge < -0.3 is 15.7 Å². The van der Waals surface area contributed by atoms with Crippen molar-refractivity contribution in [2.24, 2.45) is 5.92 Å². The molecule has 3 heterocycles. The summed E-state index contributed by atoms with van der Waals surface area (Å²) < 4.78 is 0. The molecule has 2 aromatic rings. The Labute approximate surface area is 178 Å². The van der Waals surface area contributed by atoms with E-state index in [1.165, 1.54) is 0 Å². The quantitative estimate of drug-likeness (QED) is 0.649. The van der Waals surface area contributed by atoms with Crippen LogP contribution in [0.15, 0.2) is 24.5 Å². The van der Waals surface area contributed by atoms with Gasteiger partial charge in [0, 0.05) is 36.9 Å². The lowest BCUT2D eigenvalue weighted by molar-refractivity contribution is -0.121. The van der Waals surface area contributed by atoms with Crippen molar-refractivity contribution in [1.82, 2.24) is 20.2 Å². The number of carbonyl (C=O) groups is 1. The molecule has 30 heavy (non-hydrogen) atoms. The molecule has 1 aliphatic carbocycles. The summed E-state index contributed by atoms with van der Waals surface area (Å²) in [6.45, 7) is 6.11. The molecule has 1 saturated heterocycles. The molecule has 7 heteroatoms. The molecule has 1 aliphatic heterocycles. The molecule has 0 spiro atoms. The van der Waals surface area contributed by atoms with Gasteiger partial charge in [-0.2, -0.15) is 0 Å². The summed E-state index contributed by atoms with van der Waals surface area (Å²) in [6, 6.07) is 4.74. The zero-order valence-electron chi connectivity index (χ0n) is 18.0. The number of anilines is 1. The van der Waals surface area contributed by atoms with Crippen molar-refractivity contribution >= 4 is 22.6 Å². The number of aliphatic hydroxyl groups is 1. The van der Waals surface area contributed by atoms with E-state index in [2.05, 4.69) is 32.4 Å². The highest BCUT2D eigenvalue weighted by Gasteiger charge is 2.36. The predicted octanol–water partition coefficient (Wildman–Crippen LogP) is 2.48. The van der Waals surface area contributed by atoms with E-state index in [1.807, 2.05) is 25.3 Å². The van der Waals surface area contributed by atoms with Crippen molar-refractivity contribution in [3.63, 3.8) is 0 Å². The number of aryl methyl sites for hydroxylation is 1. The number of pyridine rings is 2.